The molecule has 4 heteroatoms. The number of aromatic nitrogens is 2. The number of benzene rings is 1. The smallest absolute Gasteiger partial charge is 0.321 e. The Labute approximate surface area is 87.2 Å². The Morgan fingerprint density at radius 1 is 1.27 bits per heavy atom. The predicted molar refractivity (Wildman–Crippen MR) is 53.9 cm³/mol. The van der Waals surface area contributed by atoms with Gasteiger partial charge in [-0.2, -0.15) is 5.26 Å². The second kappa shape index (κ2) is 3.54. The molecule has 0 radical (unpaired) electrons. The van der Waals surface area contributed by atoms with E-state index in [1.54, 1.807) is 0 Å². The average molecular weight is 199 g/mol. The summed E-state index contributed by atoms with van der Waals surface area (Å²) in [5, 5.41) is 16.0. The minimum atomic E-state index is -0.00842. The number of rotatable bonds is 1. The molecule has 0 saturated carbocycles. The van der Waals surface area contributed by atoms with Gasteiger partial charge >= 0.3 is 5.89 Å². The summed E-state index contributed by atoms with van der Waals surface area (Å²) in [7, 11) is 0. The van der Waals surface area contributed by atoms with Gasteiger partial charge in [0.05, 0.1) is 0 Å². The third-order valence-corrected chi connectivity index (χ3v) is 2.14. The van der Waals surface area contributed by atoms with Crippen LogP contribution < -0.4 is 0 Å². The SMILES string of the molecule is Cc1ccc(C)c(-c2nnc(C#N)o2)c1. The van der Waals surface area contributed by atoms with Crippen LogP contribution in [0, 0.1) is 25.2 Å². The molecule has 0 aliphatic carbocycles. The van der Waals surface area contributed by atoms with E-state index in [2.05, 4.69) is 10.2 Å². The summed E-state index contributed by atoms with van der Waals surface area (Å²) in [6.07, 6.45) is 0. The second-order valence-corrected chi connectivity index (χ2v) is 3.34. The molecule has 0 fully saturated rings. The van der Waals surface area contributed by atoms with Crippen molar-refractivity contribution in [2.75, 3.05) is 0 Å². The van der Waals surface area contributed by atoms with E-state index in [-0.39, 0.29) is 5.89 Å². The van der Waals surface area contributed by atoms with E-state index in [4.69, 9.17) is 9.68 Å². The number of hydrogen-bond donors (Lipinski definition) is 0. The van der Waals surface area contributed by atoms with Crippen LogP contribution in [-0.2, 0) is 0 Å². The van der Waals surface area contributed by atoms with Crippen molar-refractivity contribution in [1.82, 2.24) is 10.2 Å². The van der Waals surface area contributed by atoms with Gasteiger partial charge in [-0.25, -0.2) is 0 Å². The molecule has 1 heterocycles. The molecule has 74 valence electrons. The molecule has 0 aliphatic rings. The number of hydrogen-bond acceptors (Lipinski definition) is 4. The summed E-state index contributed by atoms with van der Waals surface area (Å²) in [6.45, 7) is 3.95. The first-order valence-electron chi connectivity index (χ1n) is 4.52. The summed E-state index contributed by atoms with van der Waals surface area (Å²) in [6, 6.07) is 7.77. The molecule has 1 aromatic heterocycles. The zero-order valence-electron chi connectivity index (χ0n) is 8.48. The lowest BCUT2D eigenvalue weighted by Crippen LogP contribution is -1.84. The molecule has 2 aromatic rings. The highest BCUT2D eigenvalue weighted by Crippen LogP contribution is 2.22. The number of aryl methyl sites for hydroxylation is 2. The molecule has 0 bridgehead atoms. The van der Waals surface area contributed by atoms with Crippen molar-refractivity contribution in [2.45, 2.75) is 13.8 Å². The zero-order chi connectivity index (χ0) is 10.8. The third kappa shape index (κ3) is 1.72. The Bertz CT molecular complexity index is 537. The largest absolute Gasteiger partial charge is 0.408 e. The van der Waals surface area contributed by atoms with E-state index in [1.165, 1.54) is 0 Å². The van der Waals surface area contributed by atoms with Crippen molar-refractivity contribution in [1.29, 1.82) is 5.26 Å². The normalized spacial score (nSPS) is 9.93. The minimum Gasteiger partial charge on any atom is -0.408 e. The summed E-state index contributed by atoms with van der Waals surface area (Å²) >= 11 is 0. The molecule has 4 nitrogen and oxygen atoms in total. The lowest BCUT2D eigenvalue weighted by atomic mass is 10.1. The molecule has 0 N–H and O–H groups in total. The lowest BCUT2D eigenvalue weighted by Gasteiger charge is -2.01. The van der Waals surface area contributed by atoms with Crippen LogP contribution in [0.4, 0.5) is 0 Å². The van der Waals surface area contributed by atoms with Crippen LogP contribution in [-0.4, -0.2) is 10.2 Å². The Hall–Kier alpha value is -2.15. The minimum absolute atomic E-state index is 0.00842. The maximum atomic E-state index is 8.58. The van der Waals surface area contributed by atoms with Gasteiger partial charge in [0, 0.05) is 5.56 Å². The van der Waals surface area contributed by atoms with E-state index in [9.17, 15) is 0 Å². The molecule has 0 aliphatic heterocycles. The van der Waals surface area contributed by atoms with Crippen LogP contribution in [0.25, 0.3) is 11.5 Å². The van der Waals surface area contributed by atoms with Crippen LogP contribution in [0.2, 0.25) is 0 Å². The van der Waals surface area contributed by atoms with Crippen LogP contribution in [0.5, 0.6) is 0 Å². The van der Waals surface area contributed by atoms with Crippen molar-refractivity contribution < 1.29 is 4.42 Å². The molecule has 0 spiro atoms. The van der Waals surface area contributed by atoms with E-state index in [1.807, 2.05) is 38.1 Å². The van der Waals surface area contributed by atoms with E-state index < -0.39 is 0 Å². The highest BCUT2D eigenvalue weighted by molar-refractivity contribution is 5.59. The molecule has 0 amide bonds. The van der Waals surface area contributed by atoms with Crippen molar-refractivity contribution in [2.24, 2.45) is 0 Å². The maximum absolute atomic E-state index is 8.58. The van der Waals surface area contributed by atoms with Crippen molar-refractivity contribution in [3.8, 4) is 17.5 Å². The van der Waals surface area contributed by atoms with Crippen LogP contribution in [0.15, 0.2) is 22.6 Å². The summed E-state index contributed by atoms with van der Waals surface area (Å²) in [5.74, 6) is 0.388. The van der Waals surface area contributed by atoms with Gasteiger partial charge in [-0.3, -0.25) is 0 Å². The highest BCUT2D eigenvalue weighted by Gasteiger charge is 2.10. The highest BCUT2D eigenvalue weighted by atomic mass is 16.4. The van der Waals surface area contributed by atoms with Crippen LogP contribution in [0.1, 0.15) is 17.0 Å². The second-order valence-electron chi connectivity index (χ2n) is 3.34. The lowest BCUT2D eigenvalue weighted by molar-refractivity contribution is 0.552. The fourth-order valence-corrected chi connectivity index (χ4v) is 1.34. The van der Waals surface area contributed by atoms with E-state index >= 15 is 0 Å². The first kappa shape index (κ1) is 9.41. The Balaban J connectivity index is 2.54. The topological polar surface area (TPSA) is 62.7 Å². The van der Waals surface area contributed by atoms with Gasteiger partial charge in [-0.1, -0.05) is 22.8 Å². The van der Waals surface area contributed by atoms with Crippen LogP contribution >= 0.6 is 0 Å². The van der Waals surface area contributed by atoms with Crippen molar-refractivity contribution in [3.05, 3.63) is 35.2 Å². The standard InChI is InChI=1S/C11H9N3O/c1-7-3-4-8(2)9(5-7)11-14-13-10(6-12)15-11/h3-5H,1-2H3. The van der Waals surface area contributed by atoms with Gasteiger partial charge < -0.3 is 4.42 Å². The van der Waals surface area contributed by atoms with Gasteiger partial charge in [0.25, 0.3) is 0 Å². The van der Waals surface area contributed by atoms with Gasteiger partial charge in [-0.15, -0.1) is 5.10 Å². The van der Waals surface area contributed by atoms with Crippen LogP contribution in [0.3, 0.4) is 0 Å². The fraction of sp³-hybridized carbons (Fsp3) is 0.182. The summed E-state index contributed by atoms with van der Waals surface area (Å²) in [5.41, 5.74) is 3.05. The van der Waals surface area contributed by atoms with E-state index in [0.717, 1.165) is 16.7 Å². The third-order valence-electron chi connectivity index (χ3n) is 2.14. The summed E-state index contributed by atoms with van der Waals surface area (Å²) in [4.78, 5) is 0. The Morgan fingerprint density at radius 2 is 2.07 bits per heavy atom. The van der Waals surface area contributed by atoms with Crippen molar-refractivity contribution >= 4 is 0 Å². The molecule has 0 saturated heterocycles. The molecule has 0 atom stereocenters. The predicted octanol–water partition coefficient (Wildman–Crippen LogP) is 2.23. The Morgan fingerprint density at radius 3 is 2.73 bits per heavy atom. The molecular formula is C11H9N3O. The molecule has 15 heavy (non-hydrogen) atoms. The first-order chi connectivity index (χ1) is 7.20. The van der Waals surface area contributed by atoms with Gasteiger partial charge in [-0.05, 0) is 25.5 Å². The molecule has 1 aromatic carbocycles. The first-order valence-corrected chi connectivity index (χ1v) is 4.52. The Kier molecular flexibility index (Phi) is 2.22. The number of nitrogens with zero attached hydrogens (tertiary/aromatic N) is 3. The number of nitriles is 1. The zero-order valence-corrected chi connectivity index (χ0v) is 8.48. The van der Waals surface area contributed by atoms with E-state index in [0.29, 0.717) is 5.89 Å². The monoisotopic (exact) mass is 199 g/mol. The van der Waals surface area contributed by atoms with Gasteiger partial charge in [0.1, 0.15) is 0 Å². The molecule has 2 rings (SSSR count). The average Bonchev–Trinajstić information content (AvgIpc) is 2.70. The quantitative estimate of drug-likeness (QED) is 0.706. The molecular weight excluding hydrogens is 190 g/mol. The van der Waals surface area contributed by atoms with Gasteiger partial charge in [0.15, 0.2) is 6.07 Å². The molecule has 0 unspecified atom stereocenters. The maximum Gasteiger partial charge on any atom is 0.321 e. The van der Waals surface area contributed by atoms with Crippen molar-refractivity contribution in [3.63, 3.8) is 0 Å². The fourth-order valence-electron chi connectivity index (χ4n) is 1.34. The van der Waals surface area contributed by atoms with Gasteiger partial charge in [0.2, 0.25) is 5.89 Å². The summed E-state index contributed by atoms with van der Waals surface area (Å²) < 4.78 is 5.17.